The molecule has 0 aromatic rings. The summed E-state index contributed by atoms with van der Waals surface area (Å²) in [5, 5.41) is 0. The third-order valence-electron chi connectivity index (χ3n) is 0.902. The Balaban J connectivity index is 3.71. The molecule has 1 heteroatoms. The average Bonchev–Trinajstić information content (AvgIpc) is 1.83. The third kappa shape index (κ3) is 5.01. The highest BCUT2D eigenvalue weighted by Crippen LogP contribution is 1.90. The van der Waals surface area contributed by atoms with E-state index in [9.17, 15) is 4.79 Å². The maximum Gasteiger partial charge on any atom is 0.155 e. The number of ketones is 1. The molecule has 0 amide bonds. The summed E-state index contributed by atoms with van der Waals surface area (Å²) in [5.74, 6) is 0.151. The highest BCUT2D eigenvalue weighted by atomic mass is 16.1. The van der Waals surface area contributed by atoms with Crippen LogP contribution in [0.2, 0.25) is 0 Å². The number of rotatable bonds is 3. The molecule has 0 rings (SSSR count). The fourth-order valence-electron chi connectivity index (χ4n) is 0.353. The lowest BCUT2D eigenvalue weighted by molar-refractivity contribution is -0.114. The second-order valence-corrected chi connectivity index (χ2v) is 2.00. The molecule has 0 bridgehead atoms. The van der Waals surface area contributed by atoms with Crippen molar-refractivity contribution in [3.05, 3.63) is 24.3 Å². The van der Waals surface area contributed by atoms with Crippen LogP contribution in [-0.2, 0) is 4.79 Å². The predicted octanol–water partition coefficient (Wildman–Crippen LogP) is 2.10. The van der Waals surface area contributed by atoms with Gasteiger partial charge in [-0.2, -0.15) is 0 Å². The molecule has 0 aromatic heterocycles. The maximum absolute atomic E-state index is 10.6. The van der Waals surface area contributed by atoms with Crippen molar-refractivity contribution >= 4 is 5.78 Å². The smallest absolute Gasteiger partial charge is 0.155 e. The van der Waals surface area contributed by atoms with Gasteiger partial charge in [0.1, 0.15) is 0 Å². The van der Waals surface area contributed by atoms with E-state index in [2.05, 4.69) is 6.58 Å². The Kier molecular flexibility index (Phi) is 3.69. The van der Waals surface area contributed by atoms with Crippen LogP contribution < -0.4 is 0 Å². The van der Waals surface area contributed by atoms with E-state index in [1.165, 1.54) is 0 Å². The molecule has 0 aromatic carbocycles. The summed E-state index contributed by atoms with van der Waals surface area (Å²) in [6.45, 7) is 7.32. The van der Waals surface area contributed by atoms with Gasteiger partial charge in [0.25, 0.3) is 0 Å². The number of hydrogen-bond donors (Lipinski definition) is 0. The molecule has 0 saturated heterocycles. The molecule has 0 aliphatic heterocycles. The van der Waals surface area contributed by atoms with Crippen molar-refractivity contribution in [3.8, 4) is 0 Å². The van der Waals surface area contributed by atoms with Gasteiger partial charge in [-0.1, -0.05) is 25.2 Å². The lowest BCUT2D eigenvalue weighted by Crippen LogP contribution is -1.86. The van der Waals surface area contributed by atoms with Crippen molar-refractivity contribution in [3.63, 3.8) is 0 Å². The largest absolute Gasteiger partial charge is 0.295 e. The third-order valence-corrected chi connectivity index (χ3v) is 0.902. The van der Waals surface area contributed by atoms with Crippen LogP contribution in [0.4, 0.5) is 0 Å². The maximum atomic E-state index is 10.6. The van der Waals surface area contributed by atoms with Crippen molar-refractivity contribution in [2.45, 2.75) is 20.3 Å². The Morgan fingerprint density at radius 2 is 2.11 bits per heavy atom. The van der Waals surface area contributed by atoms with Crippen molar-refractivity contribution < 1.29 is 4.79 Å². The van der Waals surface area contributed by atoms with Crippen molar-refractivity contribution in [2.75, 3.05) is 0 Å². The van der Waals surface area contributed by atoms with Gasteiger partial charge in [-0.05, 0) is 13.0 Å². The van der Waals surface area contributed by atoms with Gasteiger partial charge in [0.05, 0.1) is 0 Å². The molecular formula is C8H12O. The molecule has 0 aliphatic rings. The van der Waals surface area contributed by atoms with Crippen LogP contribution in [0.5, 0.6) is 0 Å². The second kappa shape index (κ2) is 4.07. The number of carbonyl (C=O) groups excluding carboxylic acids is 1. The fraction of sp³-hybridized carbons (Fsp3) is 0.375. The van der Waals surface area contributed by atoms with E-state index in [4.69, 9.17) is 0 Å². The topological polar surface area (TPSA) is 17.1 Å². The Hall–Kier alpha value is -0.850. The zero-order chi connectivity index (χ0) is 7.28. The van der Waals surface area contributed by atoms with Crippen molar-refractivity contribution in [1.82, 2.24) is 0 Å². The first-order valence-electron chi connectivity index (χ1n) is 3.03. The molecule has 50 valence electrons. The van der Waals surface area contributed by atoms with E-state index in [1.54, 1.807) is 12.2 Å². The van der Waals surface area contributed by atoms with Gasteiger partial charge in [-0.25, -0.2) is 0 Å². The van der Waals surface area contributed by atoms with Gasteiger partial charge in [0.15, 0.2) is 5.78 Å². The molecule has 1 nitrogen and oxygen atoms in total. The Bertz CT molecular complexity index is 143. The van der Waals surface area contributed by atoms with Crippen LogP contribution >= 0.6 is 0 Å². The average molecular weight is 124 g/mol. The molecule has 0 aliphatic carbocycles. The first-order chi connectivity index (χ1) is 4.16. The molecule has 0 unspecified atom stereocenters. The lowest BCUT2D eigenvalue weighted by Gasteiger charge is -1.84. The van der Waals surface area contributed by atoms with Gasteiger partial charge in [0.2, 0.25) is 0 Å². The number of carbonyl (C=O) groups is 1. The summed E-state index contributed by atoms with van der Waals surface area (Å²) in [6.07, 6.45) is 3.86. The molecule has 0 saturated carbocycles. The molecule has 0 heterocycles. The minimum absolute atomic E-state index is 0.151. The van der Waals surface area contributed by atoms with Crippen LogP contribution in [0.25, 0.3) is 0 Å². The highest BCUT2D eigenvalue weighted by molar-refractivity contribution is 5.89. The van der Waals surface area contributed by atoms with E-state index < -0.39 is 0 Å². The van der Waals surface area contributed by atoms with Crippen LogP contribution in [0.3, 0.4) is 0 Å². The van der Waals surface area contributed by atoms with E-state index >= 15 is 0 Å². The summed E-state index contributed by atoms with van der Waals surface area (Å²) < 4.78 is 0. The fourth-order valence-corrected chi connectivity index (χ4v) is 0.353. The SMILES string of the molecule is C=C(C)C=CC(=O)CC. The summed E-state index contributed by atoms with van der Waals surface area (Å²) in [5.41, 5.74) is 0.914. The van der Waals surface area contributed by atoms with Gasteiger partial charge in [0, 0.05) is 6.42 Å². The van der Waals surface area contributed by atoms with E-state index in [0.717, 1.165) is 5.57 Å². The van der Waals surface area contributed by atoms with Gasteiger partial charge in [-0.15, -0.1) is 0 Å². The van der Waals surface area contributed by atoms with E-state index in [-0.39, 0.29) is 5.78 Å². The standard InChI is InChI=1S/C8H12O/c1-4-8(9)6-5-7(2)3/h5-6H,2,4H2,1,3H3. The lowest BCUT2D eigenvalue weighted by atomic mass is 10.2. The van der Waals surface area contributed by atoms with Crippen LogP contribution in [0.15, 0.2) is 24.3 Å². The highest BCUT2D eigenvalue weighted by Gasteiger charge is 1.86. The zero-order valence-electron chi connectivity index (χ0n) is 5.98. The Morgan fingerprint density at radius 1 is 1.56 bits per heavy atom. The second-order valence-electron chi connectivity index (χ2n) is 2.00. The first-order valence-corrected chi connectivity index (χ1v) is 3.03. The summed E-state index contributed by atoms with van der Waals surface area (Å²) in [7, 11) is 0. The van der Waals surface area contributed by atoms with Crippen molar-refractivity contribution in [1.29, 1.82) is 0 Å². The van der Waals surface area contributed by atoms with Crippen LogP contribution in [-0.4, -0.2) is 5.78 Å². The van der Waals surface area contributed by atoms with E-state index in [1.807, 2.05) is 13.8 Å². The predicted molar refractivity (Wildman–Crippen MR) is 39.3 cm³/mol. The summed E-state index contributed by atoms with van der Waals surface area (Å²) >= 11 is 0. The molecular weight excluding hydrogens is 112 g/mol. The Morgan fingerprint density at radius 3 is 2.44 bits per heavy atom. The minimum atomic E-state index is 0.151. The summed E-state index contributed by atoms with van der Waals surface area (Å²) in [6, 6.07) is 0. The molecule has 0 radical (unpaired) electrons. The molecule has 0 atom stereocenters. The molecule has 0 fully saturated rings. The quantitative estimate of drug-likeness (QED) is 0.416. The molecule has 9 heavy (non-hydrogen) atoms. The number of allylic oxidation sites excluding steroid dienone is 3. The minimum Gasteiger partial charge on any atom is -0.295 e. The van der Waals surface area contributed by atoms with Crippen LogP contribution in [0, 0.1) is 0 Å². The van der Waals surface area contributed by atoms with Gasteiger partial charge >= 0.3 is 0 Å². The van der Waals surface area contributed by atoms with Gasteiger partial charge < -0.3 is 0 Å². The first kappa shape index (κ1) is 8.15. The monoisotopic (exact) mass is 124 g/mol. The molecule has 0 spiro atoms. The van der Waals surface area contributed by atoms with Gasteiger partial charge in [-0.3, -0.25) is 4.79 Å². The number of hydrogen-bond acceptors (Lipinski definition) is 1. The summed E-state index contributed by atoms with van der Waals surface area (Å²) in [4.78, 5) is 10.6. The zero-order valence-corrected chi connectivity index (χ0v) is 5.98. The molecule has 0 N–H and O–H groups in total. The van der Waals surface area contributed by atoms with Crippen LogP contribution in [0.1, 0.15) is 20.3 Å². The normalized spacial score (nSPS) is 10.0. The Labute approximate surface area is 56.1 Å². The van der Waals surface area contributed by atoms with E-state index in [0.29, 0.717) is 6.42 Å². The van der Waals surface area contributed by atoms with Crippen molar-refractivity contribution in [2.24, 2.45) is 0 Å².